The Balaban J connectivity index is 2.52. The summed E-state index contributed by atoms with van der Waals surface area (Å²) in [5.41, 5.74) is 0. The van der Waals surface area contributed by atoms with Crippen LogP contribution in [0.2, 0.25) is 0 Å². The van der Waals surface area contributed by atoms with E-state index in [1.807, 2.05) is 12.2 Å². The lowest BCUT2D eigenvalue weighted by Crippen LogP contribution is -2.49. The van der Waals surface area contributed by atoms with Gasteiger partial charge in [0.2, 0.25) is 0 Å². The minimum absolute atomic E-state index is 0.0670. The van der Waals surface area contributed by atoms with Gasteiger partial charge >= 0.3 is 0 Å². The van der Waals surface area contributed by atoms with Crippen LogP contribution in [0.25, 0.3) is 0 Å². The van der Waals surface area contributed by atoms with Gasteiger partial charge in [-0.05, 0) is 19.3 Å². The number of hydrogen-bond donors (Lipinski definition) is 2. The second-order valence-electron chi connectivity index (χ2n) is 4.50. The van der Waals surface area contributed by atoms with Gasteiger partial charge in [-0.2, -0.15) is 0 Å². The van der Waals surface area contributed by atoms with Crippen molar-refractivity contribution in [2.45, 2.75) is 57.5 Å². The molecule has 0 heterocycles. The summed E-state index contributed by atoms with van der Waals surface area (Å²) in [6.07, 6.45) is 8.26. The molecule has 0 unspecified atom stereocenters. The monoisotopic (exact) mass is 239 g/mol. The highest BCUT2D eigenvalue weighted by Crippen LogP contribution is 2.19. The van der Waals surface area contributed by atoms with E-state index >= 15 is 0 Å². The number of hydrogen-bond acceptors (Lipinski definition) is 3. The summed E-state index contributed by atoms with van der Waals surface area (Å²) in [5.74, 6) is 0. The van der Waals surface area contributed by atoms with Gasteiger partial charge in [0, 0.05) is 12.6 Å². The second kappa shape index (κ2) is 7.64. The first-order valence-corrected chi connectivity index (χ1v) is 6.57. The Morgan fingerprint density at radius 2 is 2.24 bits per heavy atom. The van der Waals surface area contributed by atoms with E-state index in [1.54, 1.807) is 0 Å². The highest BCUT2D eigenvalue weighted by atomic mass is 16.5. The summed E-state index contributed by atoms with van der Waals surface area (Å²) in [6.45, 7) is 8.61. The maximum atomic E-state index is 10.2. The first-order chi connectivity index (χ1) is 8.22. The van der Waals surface area contributed by atoms with Crippen molar-refractivity contribution in [1.29, 1.82) is 0 Å². The van der Waals surface area contributed by atoms with E-state index in [4.69, 9.17) is 4.74 Å². The molecular weight excluding hydrogens is 214 g/mol. The topological polar surface area (TPSA) is 41.5 Å². The third-order valence-corrected chi connectivity index (χ3v) is 3.25. The molecule has 0 bridgehead atoms. The fraction of sp³-hybridized carbons (Fsp3) is 0.714. The van der Waals surface area contributed by atoms with Gasteiger partial charge in [0.05, 0.1) is 12.2 Å². The third-order valence-electron chi connectivity index (χ3n) is 3.25. The van der Waals surface area contributed by atoms with Crippen molar-refractivity contribution in [3.8, 4) is 0 Å². The van der Waals surface area contributed by atoms with Crippen LogP contribution in [0.1, 0.15) is 33.1 Å². The molecule has 1 aliphatic rings. The molecule has 0 amide bonds. The molecule has 0 spiro atoms. The van der Waals surface area contributed by atoms with E-state index in [0.29, 0.717) is 6.54 Å². The zero-order valence-corrected chi connectivity index (χ0v) is 10.9. The number of nitrogens with one attached hydrogen (secondary N) is 1. The van der Waals surface area contributed by atoms with Gasteiger partial charge in [0.1, 0.15) is 6.10 Å². The second-order valence-corrected chi connectivity index (χ2v) is 4.50. The fourth-order valence-corrected chi connectivity index (χ4v) is 2.11. The van der Waals surface area contributed by atoms with Crippen LogP contribution in [0.4, 0.5) is 0 Å². The van der Waals surface area contributed by atoms with Gasteiger partial charge in [-0.1, -0.05) is 32.1 Å². The Morgan fingerprint density at radius 3 is 2.82 bits per heavy atom. The van der Waals surface area contributed by atoms with Gasteiger partial charge in [0.25, 0.3) is 0 Å². The van der Waals surface area contributed by atoms with Gasteiger partial charge < -0.3 is 15.2 Å². The minimum atomic E-state index is -0.472. The highest BCUT2D eigenvalue weighted by molar-refractivity contribution is 5.06. The Kier molecular flexibility index (Phi) is 6.48. The molecule has 17 heavy (non-hydrogen) atoms. The first-order valence-electron chi connectivity index (χ1n) is 6.57. The van der Waals surface area contributed by atoms with E-state index < -0.39 is 6.10 Å². The standard InChI is InChI=1S/C14H25NO2/c1-4-10-15-12-8-7-9-13(14(12)16)17-11(5-2)6-3/h4,7,9,11-16H,1,5-6,8,10H2,2-3H3/t12-,13-,14+/m1/s1. The Bertz CT molecular complexity index is 249. The Labute approximate surface area is 105 Å². The van der Waals surface area contributed by atoms with E-state index in [2.05, 4.69) is 31.8 Å². The highest BCUT2D eigenvalue weighted by Gasteiger charge is 2.29. The molecule has 0 aromatic carbocycles. The zero-order valence-electron chi connectivity index (χ0n) is 10.9. The summed E-state index contributed by atoms with van der Waals surface area (Å²) in [4.78, 5) is 0. The van der Waals surface area contributed by atoms with Crippen LogP contribution in [0.5, 0.6) is 0 Å². The maximum Gasteiger partial charge on any atom is 0.103 e. The van der Waals surface area contributed by atoms with Crippen LogP contribution >= 0.6 is 0 Å². The smallest absolute Gasteiger partial charge is 0.103 e. The van der Waals surface area contributed by atoms with Crippen molar-refractivity contribution in [3.63, 3.8) is 0 Å². The molecule has 0 aliphatic heterocycles. The number of aliphatic hydroxyl groups excluding tert-OH is 1. The average molecular weight is 239 g/mol. The lowest BCUT2D eigenvalue weighted by molar-refractivity contribution is -0.0689. The van der Waals surface area contributed by atoms with Crippen LogP contribution in [0, 0.1) is 0 Å². The molecule has 0 fully saturated rings. The van der Waals surface area contributed by atoms with E-state index in [0.717, 1.165) is 19.3 Å². The van der Waals surface area contributed by atoms with Gasteiger partial charge in [-0.25, -0.2) is 0 Å². The predicted molar refractivity (Wildman–Crippen MR) is 71.0 cm³/mol. The molecule has 3 heteroatoms. The van der Waals surface area contributed by atoms with Crippen molar-refractivity contribution in [2.75, 3.05) is 6.54 Å². The number of rotatable bonds is 7. The molecule has 3 atom stereocenters. The predicted octanol–water partition coefficient (Wildman–Crippen LogP) is 2.03. The molecule has 0 aromatic rings. The van der Waals surface area contributed by atoms with Crippen molar-refractivity contribution < 1.29 is 9.84 Å². The molecule has 0 radical (unpaired) electrons. The van der Waals surface area contributed by atoms with Crippen molar-refractivity contribution in [3.05, 3.63) is 24.8 Å². The van der Waals surface area contributed by atoms with Crippen LogP contribution in [-0.4, -0.2) is 36.0 Å². The summed E-state index contributed by atoms with van der Waals surface area (Å²) >= 11 is 0. The van der Waals surface area contributed by atoms with Gasteiger partial charge in [0.15, 0.2) is 0 Å². The van der Waals surface area contributed by atoms with E-state index in [9.17, 15) is 5.11 Å². The number of ether oxygens (including phenoxy) is 1. The molecule has 3 nitrogen and oxygen atoms in total. The van der Waals surface area contributed by atoms with Crippen molar-refractivity contribution in [1.82, 2.24) is 5.32 Å². The lowest BCUT2D eigenvalue weighted by Gasteiger charge is -2.33. The molecule has 0 saturated carbocycles. The summed E-state index contributed by atoms with van der Waals surface area (Å²) in [7, 11) is 0. The van der Waals surface area contributed by atoms with E-state index in [-0.39, 0.29) is 18.2 Å². The minimum Gasteiger partial charge on any atom is -0.388 e. The molecule has 0 saturated heterocycles. The molecule has 2 N–H and O–H groups in total. The SMILES string of the molecule is C=CCN[C@@H]1CC=C[C@@H](OC(CC)CC)[C@H]1O. The molecule has 1 aliphatic carbocycles. The first kappa shape index (κ1) is 14.4. The van der Waals surface area contributed by atoms with Crippen LogP contribution in [0.3, 0.4) is 0 Å². The normalized spacial score (nSPS) is 28.6. The molecule has 98 valence electrons. The fourth-order valence-electron chi connectivity index (χ4n) is 2.11. The number of aliphatic hydroxyl groups is 1. The Morgan fingerprint density at radius 1 is 1.53 bits per heavy atom. The quantitative estimate of drug-likeness (QED) is 0.668. The van der Waals surface area contributed by atoms with Gasteiger partial charge in [-0.3, -0.25) is 0 Å². The van der Waals surface area contributed by atoms with Gasteiger partial charge in [-0.15, -0.1) is 6.58 Å². The van der Waals surface area contributed by atoms with Crippen LogP contribution in [-0.2, 0) is 4.74 Å². The summed E-state index contributed by atoms with van der Waals surface area (Å²) in [6, 6.07) is 0.0670. The third kappa shape index (κ3) is 4.26. The molecular formula is C14H25NO2. The average Bonchev–Trinajstić information content (AvgIpc) is 2.36. The lowest BCUT2D eigenvalue weighted by atomic mass is 9.95. The van der Waals surface area contributed by atoms with Crippen molar-refractivity contribution >= 4 is 0 Å². The van der Waals surface area contributed by atoms with Crippen LogP contribution < -0.4 is 5.32 Å². The molecule has 1 rings (SSSR count). The van der Waals surface area contributed by atoms with Crippen LogP contribution in [0.15, 0.2) is 24.8 Å². The summed E-state index contributed by atoms with van der Waals surface area (Å²) < 4.78 is 5.91. The molecule has 0 aromatic heterocycles. The largest absolute Gasteiger partial charge is 0.388 e. The van der Waals surface area contributed by atoms with Crippen molar-refractivity contribution in [2.24, 2.45) is 0 Å². The maximum absolute atomic E-state index is 10.2. The Hall–Kier alpha value is -0.640. The summed E-state index contributed by atoms with van der Waals surface area (Å²) in [5, 5.41) is 13.5. The zero-order chi connectivity index (χ0) is 12.7. The van der Waals surface area contributed by atoms with E-state index in [1.165, 1.54) is 0 Å².